The van der Waals surface area contributed by atoms with Crippen molar-refractivity contribution in [1.82, 2.24) is 5.32 Å². The van der Waals surface area contributed by atoms with Crippen molar-refractivity contribution in [2.75, 3.05) is 4.72 Å². The van der Waals surface area contributed by atoms with Gasteiger partial charge in [0.05, 0.1) is 4.90 Å². The fourth-order valence-electron chi connectivity index (χ4n) is 3.54. The molecule has 2 N–H and O–H groups in total. The molecule has 0 saturated heterocycles. The molecule has 0 spiro atoms. The van der Waals surface area contributed by atoms with Gasteiger partial charge in [0.25, 0.3) is 15.9 Å². The molecule has 0 bridgehead atoms. The summed E-state index contributed by atoms with van der Waals surface area (Å²) >= 11 is 0. The third-order valence-electron chi connectivity index (χ3n) is 5.48. The van der Waals surface area contributed by atoms with Crippen LogP contribution in [0.25, 0.3) is 0 Å². The van der Waals surface area contributed by atoms with Crippen LogP contribution in [0.4, 0.5) is 5.69 Å². The molecule has 0 aromatic heterocycles. The van der Waals surface area contributed by atoms with Gasteiger partial charge in [-0.05, 0) is 54.7 Å². The monoisotopic (exact) mass is 386 g/mol. The maximum Gasteiger partial charge on any atom is 0.261 e. The van der Waals surface area contributed by atoms with Crippen molar-refractivity contribution < 1.29 is 13.2 Å². The van der Waals surface area contributed by atoms with E-state index in [0.717, 1.165) is 12.8 Å². The molecular formula is C21H26N2O3S. The standard InChI is InChI=1S/C21H26N2O3S/c1-15-7-6-10-20(16(15)2)22-21(24)17-11-13-18(14-12-17)23-27(25,26)19-8-4-3-5-9-19/h3-5,8-9,11-16,20,23H,6-7,10H2,1-2H3,(H,22,24). The number of benzene rings is 2. The van der Waals surface area contributed by atoms with E-state index in [2.05, 4.69) is 23.9 Å². The number of sulfonamides is 1. The van der Waals surface area contributed by atoms with Crippen LogP contribution >= 0.6 is 0 Å². The molecule has 0 heterocycles. The van der Waals surface area contributed by atoms with Crippen LogP contribution in [0.3, 0.4) is 0 Å². The van der Waals surface area contributed by atoms with Crippen molar-refractivity contribution in [2.45, 2.75) is 44.0 Å². The number of anilines is 1. The van der Waals surface area contributed by atoms with Crippen LogP contribution in [0.5, 0.6) is 0 Å². The number of amides is 1. The number of hydrogen-bond acceptors (Lipinski definition) is 3. The van der Waals surface area contributed by atoms with Gasteiger partial charge < -0.3 is 5.32 Å². The molecule has 2 aromatic rings. The van der Waals surface area contributed by atoms with Gasteiger partial charge in [0.1, 0.15) is 0 Å². The molecule has 0 radical (unpaired) electrons. The molecule has 5 nitrogen and oxygen atoms in total. The third kappa shape index (κ3) is 4.69. The summed E-state index contributed by atoms with van der Waals surface area (Å²) in [5.41, 5.74) is 0.957. The van der Waals surface area contributed by atoms with Gasteiger partial charge in [0, 0.05) is 17.3 Å². The van der Waals surface area contributed by atoms with Gasteiger partial charge >= 0.3 is 0 Å². The van der Waals surface area contributed by atoms with Crippen LogP contribution in [0, 0.1) is 11.8 Å². The summed E-state index contributed by atoms with van der Waals surface area (Å²) in [4.78, 5) is 12.7. The van der Waals surface area contributed by atoms with Crippen LogP contribution in [-0.4, -0.2) is 20.4 Å². The van der Waals surface area contributed by atoms with E-state index in [1.165, 1.54) is 18.6 Å². The largest absolute Gasteiger partial charge is 0.349 e. The van der Waals surface area contributed by atoms with E-state index >= 15 is 0 Å². The van der Waals surface area contributed by atoms with E-state index in [-0.39, 0.29) is 16.8 Å². The number of carbonyl (C=O) groups excluding carboxylic acids is 1. The molecule has 6 heteroatoms. The topological polar surface area (TPSA) is 75.3 Å². The van der Waals surface area contributed by atoms with Gasteiger partial charge in [0.2, 0.25) is 0 Å². The van der Waals surface area contributed by atoms with Crippen LogP contribution < -0.4 is 10.0 Å². The first kappa shape index (κ1) is 19.4. The Kier molecular flexibility index (Phi) is 5.85. The summed E-state index contributed by atoms with van der Waals surface area (Å²) in [7, 11) is -3.63. The zero-order valence-corrected chi connectivity index (χ0v) is 16.5. The Morgan fingerprint density at radius 1 is 0.963 bits per heavy atom. The van der Waals surface area contributed by atoms with Gasteiger partial charge in [-0.1, -0.05) is 44.9 Å². The first-order valence-electron chi connectivity index (χ1n) is 9.35. The summed E-state index contributed by atoms with van der Waals surface area (Å²) in [6.07, 6.45) is 3.35. The SMILES string of the molecule is CC1CCCC(NC(=O)c2ccc(NS(=O)(=O)c3ccccc3)cc2)C1C. The molecule has 1 amide bonds. The van der Waals surface area contributed by atoms with E-state index in [4.69, 9.17) is 0 Å². The second-order valence-corrected chi connectivity index (χ2v) is 9.03. The zero-order chi connectivity index (χ0) is 19.4. The van der Waals surface area contributed by atoms with Gasteiger partial charge in [-0.15, -0.1) is 0 Å². The fourth-order valence-corrected chi connectivity index (χ4v) is 4.62. The second kappa shape index (κ2) is 8.13. The highest BCUT2D eigenvalue weighted by atomic mass is 32.2. The molecule has 0 aliphatic heterocycles. The highest BCUT2D eigenvalue weighted by molar-refractivity contribution is 7.92. The lowest BCUT2D eigenvalue weighted by Crippen LogP contribution is -2.43. The minimum atomic E-state index is -3.63. The molecule has 27 heavy (non-hydrogen) atoms. The van der Waals surface area contributed by atoms with Crippen molar-refractivity contribution in [3.05, 3.63) is 60.2 Å². The van der Waals surface area contributed by atoms with Crippen molar-refractivity contribution >= 4 is 21.6 Å². The maximum atomic E-state index is 12.5. The van der Waals surface area contributed by atoms with Gasteiger partial charge in [0.15, 0.2) is 0 Å². The normalized spacial score (nSPS) is 22.8. The molecule has 3 atom stereocenters. The van der Waals surface area contributed by atoms with Crippen molar-refractivity contribution in [1.29, 1.82) is 0 Å². The summed E-state index contributed by atoms with van der Waals surface area (Å²) in [5.74, 6) is 0.955. The Bertz CT molecular complexity index is 879. The van der Waals surface area contributed by atoms with Crippen LogP contribution in [0.2, 0.25) is 0 Å². The molecule has 3 unspecified atom stereocenters. The number of carbonyl (C=O) groups is 1. The molecule has 1 aliphatic carbocycles. The minimum Gasteiger partial charge on any atom is -0.349 e. The first-order valence-corrected chi connectivity index (χ1v) is 10.8. The summed E-state index contributed by atoms with van der Waals surface area (Å²) < 4.78 is 27.3. The van der Waals surface area contributed by atoms with Gasteiger partial charge in [-0.3, -0.25) is 9.52 Å². The quantitative estimate of drug-likeness (QED) is 0.814. The molecule has 144 valence electrons. The zero-order valence-electron chi connectivity index (χ0n) is 15.7. The van der Waals surface area contributed by atoms with Crippen LogP contribution in [-0.2, 0) is 10.0 Å². The molecule has 1 saturated carbocycles. The first-order chi connectivity index (χ1) is 12.9. The van der Waals surface area contributed by atoms with Gasteiger partial charge in [-0.2, -0.15) is 0 Å². The van der Waals surface area contributed by atoms with Crippen molar-refractivity contribution in [3.8, 4) is 0 Å². The number of hydrogen-bond donors (Lipinski definition) is 2. The Morgan fingerprint density at radius 3 is 2.30 bits per heavy atom. The second-order valence-electron chi connectivity index (χ2n) is 7.34. The molecule has 3 rings (SSSR count). The van der Waals surface area contributed by atoms with E-state index in [9.17, 15) is 13.2 Å². The minimum absolute atomic E-state index is 0.113. The molecule has 2 aromatic carbocycles. The lowest BCUT2D eigenvalue weighted by atomic mass is 9.78. The lowest BCUT2D eigenvalue weighted by molar-refractivity contribution is 0.0891. The predicted octanol–water partition coefficient (Wildman–Crippen LogP) is 4.04. The van der Waals surface area contributed by atoms with Crippen molar-refractivity contribution in [2.24, 2.45) is 11.8 Å². The Hall–Kier alpha value is -2.34. The third-order valence-corrected chi connectivity index (χ3v) is 6.87. The van der Waals surface area contributed by atoms with E-state index in [1.807, 2.05) is 0 Å². The van der Waals surface area contributed by atoms with Gasteiger partial charge in [-0.25, -0.2) is 8.42 Å². The Morgan fingerprint density at radius 2 is 1.63 bits per heavy atom. The highest BCUT2D eigenvalue weighted by Crippen LogP contribution is 2.29. The maximum absolute atomic E-state index is 12.5. The molecule has 1 aliphatic rings. The summed E-state index contributed by atoms with van der Waals surface area (Å²) in [5, 5.41) is 3.13. The van der Waals surface area contributed by atoms with Crippen LogP contribution in [0.15, 0.2) is 59.5 Å². The summed E-state index contributed by atoms with van der Waals surface area (Å²) in [6.45, 7) is 4.42. The van der Waals surface area contributed by atoms with Crippen LogP contribution in [0.1, 0.15) is 43.5 Å². The number of nitrogens with one attached hydrogen (secondary N) is 2. The number of rotatable bonds is 5. The Labute approximate surface area is 161 Å². The Balaban J connectivity index is 1.65. The average Bonchev–Trinajstić information content (AvgIpc) is 2.66. The highest BCUT2D eigenvalue weighted by Gasteiger charge is 2.28. The lowest BCUT2D eigenvalue weighted by Gasteiger charge is -2.34. The molecular weight excluding hydrogens is 360 g/mol. The van der Waals surface area contributed by atoms with E-state index in [1.54, 1.807) is 42.5 Å². The average molecular weight is 387 g/mol. The molecule has 1 fully saturated rings. The smallest absolute Gasteiger partial charge is 0.261 e. The van der Waals surface area contributed by atoms with E-state index < -0.39 is 10.0 Å². The fraction of sp³-hybridized carbons (Fsp3) is 0.381. The summed E-state index contributed by atoms with van der Waals surface area (Å²) in [6, 6.07) is 14.9. The van der Waals surface area contributed by atoms with Crippen molar-refractivity contribution in [3.63, 3.8) is 0 Å². The predicted molar refractivity (Wildman–Crippen MR) is 107 cm³/mol. The van der Waals surface area contributed by atoms with E-state index in [0.29, 0.717) is 23.1 Å².